The second-order valence-corrected chi connectivity index (χ2v) is 5.63. The van der Waals surface area contributed by atoms with Crippen LogP contribution in [0.25, 0.3) is 0 Å². The van der Waals surface area contributed by atoms with E-state index in [1.165, 1.54) is 0 Å². The van der Waals surface area contributed by atoms with Gasteiger partial charge in [0.15, 0.2) is 0 Å². The van der Waals surface area contributed by atoms with Crippen LogP contribution in [0.4, 0.5) is 5.69 Å². The van der Waals surface area contributed by atoms with Crippen molar-refractivity contribution in [2.75, 3.05) is 18.0 Å². The maximum atomic E-state index is 12.1. The molecule has 1 aromatic carbocycles. The van der Waals surface area contributed by atoms with Gasteiger partial charge in [0.2, 0.25) is 5.91 Å². The molecule has 3 rings (SSSR count). The highest BCUT2D eigenvalue weighted by Gasteiger charge is 2.21. The molecule has 0 bridgehead atoms. The van der Waals surface area contributed by atoms with E-state index in [-0.39, 0.29) is 11.8 Å². The fourth-order valence-corrected chi connectivity index (χ4v) is 2.66. The third-order valence-electron chi connectivity index (χ3n) is 3.86. The Morgan fingerprint density at radius 2 is 2.13 bits per heavy atom. The minimum Gasteiger partial charge on any atom is -0.361 e. The molecule has 0 aliphatic carbocycles. The van der Waals surface area contributed by atoms with E-state index >= 15 is 0 Å². The Morgan fingerprint density at radius 1 is 1.35 bits per heavy atom. The van der Waals surface area contributed by atoms with E-state index in [9.17, 15) is 9.59 Å². The van der Waals surface area contributed by atoms with Crippen LogP contribution in [-0.4, -0.2) is 30.1 Å². The number of benzene rings is 1. The van der Waals surface area contributed by atoms with Crippen molar-refractivity contribution >= 4 is 17.5 Å². The lowest BCUT2D eigenvalue weighted by Gasteiger charge is -2.15. The predicted molar refractivity (Wildman–Crippen MR) is 85.3 cm³/mol. The molecule has 23 heavy (non-hydrogen) atoms. The molecule has 1 aliphatic heterocycles. The summed E-state index contributed by atoms with van der Waals surface area (Å²) >= 11 is 0. The van der Waals surface area contributed by atoms with Gasteiger partial charge in [0.1, 0.15) is 5.76 Å². The number of anilines is 1. The highest BCUT2D eigenvalue weighted by molar-refractivity contribution is 5.97. The van der Waals surface area contributed by atoms with Crippen LogP contribution < -0.4 is 10.2 Å². The number of amides is 2. The van der Waals surface area contributed by atoms with E-state index in [0.717, 1.165) is 30.1 Å². The van der Waals surface area contributed by atoms with Gasteiger partial charge in [-0.2, -0.15) is 0 Å². The number of hydrogen-bond acceptors (Lipinski definition) is 4. The van der Waals surface area contributed by atoms with Crippen molar-refractivity contribution in [3.8, 4) is 0 Å². The maximum Gasteiger partial charge on any atom is 0.251 e. The highest BCUT2D eigenvalue weighted by Crippen LogP contribution is 2.21. The van der Waals surface area contributed by atoms with E-state index in [1.807, 2.05) is 25.1 Å². The van der Waals surface area contributed by atoms with Gasteiger partial charge in [-0.25, -0.2) is 0 Å². The van der Waals surface area contributed by atoms with Gasteiger partial charge < -0.3 is 14.7 Å². The first-order valence-corrected chi connectivity index (χ1v) is 7.74. The van der Waals surface area contributed by atoms with Gasteiger partial charge in [-0.3, -0.25) is 9.59 Å². The number of aryl methyl sites for hydroxylation is 1. The van der Waals surface area contributed by atoms with Crippen LogP contribution in [0.5, 0.6) is 0 Å². The number of nitrogens with one attached hydrogen (secondary N) is 1. The van der Waals surface area contributed by atoms with Gasteiger partial charge in [-0.05, 0) is 37.6 Å². The Balaban J connectivity index is 1.54. The monoisotopic (exact) mass is 313 g/mol. The average Bonchev–Trinajstić information content (AvgIpc) is 3.16. The fraction of sp³-hybridized carbons (Fsp3) is 0.353. The standard InChI is InChI=1S/C17H19N3O3/c1-12-11-14(19-23-12)8-9-18-17(22)13-4-6-15(7-5-13)20-10-2-3-16(20)21/h4-7,11H,2-3,8-10H2,1H3,(H,18,22). The van der Waals surface area contributed by atoms with Crippen LogP contribution in [0.1, 0.15) is 34.7 Å². The SMILES string of the molecule is Cc1cc(CCNC(=O)c2ccc(N3CCCC3=O)cc2)no1. The van der Waals surface area contributed by atoms with Crippen molar-refractivity contribution in [3.05, 3.63) is 47.3 Å². The molecule has 6 nitrogen and oxygen atoms in total. The lowest BCUT2D eigenvalue weighted by Crippen LogP contribution is -2.26. The normalized spacial score (nSPS) is 14.3. The van der Waals surface area contributed by atoms with Crippen LogP contribution >= 0.6 is 0 Å². The molecule has 1 saturated heterocycles. The van der Waals surface area contributed by atoms with Crippen LogP contribution in [0.2, 0.25) is 0 Å². The maximum absolute atomic E-state index is 12.1. The number of carbonyl (C=O) groups excluding carboxylic acids is 2. The Labute approximate surface area is 134 Å². The summed E-state index contributed by atoms with van der Waals surface area (Å²) in [6, 6.07) is 8.99. The van der Waals surface area contributed by atoms with Gasteiger partial charge in [0.05, 0.1) is 5.69 Å². The number of aromatic nitrogens is 1. The first-order valence-electron chi connectivity index (χ1n) is 7.74. The van der Waals surface area contributed by atoms with Gasteiger partial charge in [0.25, 0.3) is 5.91 Å². The molecule has 0 spiro atoms. The minimum atomic E-state index is -0.135. The van der Waals surface area contributed by atoms with E-state index in [1.54, 1.807) is 17.0 Å². The molecule has 1 fully saturated rings. The second-order valence-electron chi connectivity index (χ2n) is 5.63. The zero-order chi connectivity index (χ0) is 16.2. The molecule has 0 atom stereocenters. The Kier molecular flexibility index (Phi) is 4.41. The van der Waals surface area contributed by atoms with Gasteiger partial charge in [-0.15, -0.1) is 0 Å². The molecule has 0 saturated carbocycles. The van der Waals surface area contributed by atoms with Crippen molar-refractivity contribution in [2.24, 2.45) is 0 Å². The topological polar surface area (TPSA) is 75.4 Å². The quantitative estimate of drug-likeness (QED) is 0.917. The molecule has 1 aliphatic rings. The summed E-state index contributed by atoms with van der Waals surface area (Å²) in [5.41, 5.74) is 2.25. The van der Waals surface area contributed by atoms with Gasteiger partial charge >= 0.3 is 0 Å². The van der Waals surface area contributed by atoms with E-state index in [4.69, 9.17) is 4.52 Å². The third kappa shape index (κ3) is 3.59. The number of nitrogens with zero attached hydrogens (tertiary/aromatic N) is 2. The van der Waals surface area contributed by atoms with Crippen molar-refractivity contribution in [1.82, 2.24) is 10.5 Å². The lowest BCUT2D eigenvalue weighted by molar-refractivity contribution is -0.117. The number of carbonyl (C=O) groups is 2. The highest BCUT2D eigenvalue weighted by atomic mass is 16.5. The van der Waals surface area contributed by atoms with Gasteiger partial charge in [-0.1, -0.05) is 5.16 Å². The summed E-state index contributed by atoms with van der Waals surface area (Å²) in [5.74, 6) is 0.771. The van der Waals surface area contributed by atoms with Crippen molar-refractivity contribution in [1.29, 1.82) is 0 Å². The van der Waals surface area contributed by atoms with Gasteiger partial charge in [0, 0.05) is 43.2 Å². The lowest BCUT2D eigenvalue weighted by atomic mass is 10.2. The predicted octanol–water partition coefficient (Wildman–Crippen LogP) is 2.08. The first kappa shape index (κ1) is 15.3. The summed E-state index contributed by atoms with van der Waals surface area (Å²) in [5, 5.41) is 6.74. The minimum absolute atomic E-state index is 0.135. The van der Waals surface area contributed by atoms with E-state index in [0.29, 0.717) is 24.9 Å². The van der Waals surface area contributed by atoms with Crippen LogP contribution in [0.15, 0.2) is 34.9 Å². The summed E-state index contributed by atoms with van der Waals surface area (Å²) in [6.45, 7) is 3.08. The number of hydrogen-bond donors (Lipinski definition) is 1. The van der Waals surface area contributed by atoms with Crippen LogP contribution in [0.3, 0.4) is 0 Å². The Bertz CT molecular complexity index is 706. The molecule has 120 valence electrons. The molecule has 0 radical (unpaired) electrons. The summed E-state index contributed by atoms with van der Waals surface area (Å²) in [7, 11) is 0. The Morgan fingerprint density at radius 3 is 2.74 bits per heavy atom. The molecule has 0 unspecified atom stereocenters. The second kappa shape index (κ2) is 6.64. The van der Waals surface area contributed by atoms with Crippen molar-refractivity contribution < 1.29 is 14.1 Å². The fourth-order valence-electron chi connectivity index (χ4n) is 2.66. The third-order valence-corrected chi connectivity index (χ3v) is 3.86. The Hall–Kier alpha value is -2.63. The van der Waals surface area contributed by atoms with Crippen molar-refractivity contribution in [2.45, 2.75) is 26.2 Å². The van der Waals surface area contributed by atoms with Crippen molar-refractivity contribution in [3.63, 3.8) is 0 Å². The zero-order valence-electron chi connectivity index (χ0n) is 13.0. The molecular weight excluding hydrogens is 294 g/mol. The molecule has 2 aromatic rings. The van der Waals surface area contributed by atoms with Crippen LogP contribution in [0, 0.1) is 6.92 Å². The number of rotatable bonds is 5. The molecule has 2 amide bonds. The molecule has 1 N–H and O–H groups in total. The van der Waals surface area contributed by atoms with E-state index < -0.39 is 0 Å². The molecular formula is C17H19N3O3. The summed E-state index contributed by atoms with van der Waals surface area (Å²) in [4.78, 5) is 25.6. The summed E-state index contributed by atoms with van der Waals surface area (Å²) in [6.07, 6.45) is 2.12. The largest absolute Gasteiger partial charge is 0.361 e. The zero-order valence-corrected chi connectivity index (χ0v) is 13.0. The van der Waals surface area contributed by atoms with Crippen LogP contribution in [-0.2, 0) is 11.2 Å². The average molecular weight is 313 g/mol. The molecule has 2 heterocycles. The molecule has 6 heteroatoms. The van der Waals surface area contributed by atoms with E-state index in [2.05, 4.69) is 10.5 Å². The smallest absolute Gasteiger partial charge is 0.251 e. The summed E-state index contributed by atoms with van der Waals surface area (Å²) < 4.78 is 4.98. The first-order chi connectivity index (χ1) is 11.1. The molecule has 1 aromatic heterocycles.